The Kier molecular flexibility index (Phi) is 12.6. The number of unbranched alkanes of at least 4 members (excludes halogenated alkanes) is 4. The summed E-state index contributed by atoms with van der Waals surface area (Å²) in [5, 5.41) is 4.84. The van der Waals surface area contributed by atoms with Crippen molar-refractivity contribution in [3.8, 4) is 0 Å². The molecule has 5 N–H and O–H groups in total. The molecule has 3 atom stereocenters. The number of aromatic nitrogens is 1. The van der Waals surface area contributed by atoms with Crippen molar-refractivity contribution in [1.82, 2.24) is 19.7 Å². The number of fused-ring (bicyclic) bond motifs is 1. The van der Waals surface area contributed by atoms with E-state index in [9.17, 15) is 0 Å². The second kappa shape index (κ2) is 14.4. The molecule has 0 saturated carbocycles. The number of hydrogen-bond donors (Lipinski definition) is 3. The Hall–Kier alpha value is -0.230. The summed E-state index contributed by atoms with van der Waals surface area (Å²) in [6, 6.07) is 0. The predicted octanol–water partition coefficient (Wildman–Crippen LogP) is 4.75. The normalized spacial score (nSPS) is 22.0. The first-order valence-electron chi connectivity index (χ1n) is 12.4. The van der Waals surface area contributed by atoms with Gasteiger partial charge in [0.2, 0.25) is 0 Å². The van der Waals surface area contributed by atoms with E-state index >= 15 is 0 Å². The maximum atomic E-state index is 6.94. The molecule has 0 bridgehead atoms. The number of nitrogens with zero attached hydrogens (tertiary/aromatic N) is 4. The van der Waals surface area contributed by atoms with Crippen LogP contribution in [0, 0.1) is 0 Å². The monoisotopic (exact) mass is 517 g/mol. The Balaban J connectivity index is 2.37. The van der Waals surface area contributed by atoms with Crippen molar-refractivity contribution in [3.63, 3.8) is 0 Å². The molecule has 1 aliphatic heterocycles. The van der Waals surface area contributed by atoms with Gasteiger partial charge in [-0.25, -0.2) is 4.98 Å². The Morgan fingerprint density at radius 2 is 1.79 bits per heavy atom. The van der Waals surface area contributed by atoms with Crippen molar-refractivity contribution < 1.29 is 0 Å². The van der Waals surface area contributed by atoms with Gasteiger partial charge in [-0.1, -0.05) is 50.9 Å². The van der Waals surface area contributed by atoms with Crippen molar-refractivity contribution in [2.24, 2.45) is 5.73 Å². The highest BCUT2D eigenvalue weighted by atomic mass is 32.2. The first kappa shape index (κ1) is 29.0. The fourth-order valence-corrected chi connectivity index (χ4v) is 7.74. The van der Waals surface area contributed by atoms with Crippen LogP contribution in [0.25, 0.3) is 0 Å². The van der Waals surface area contributed by atoms with Gasteiger partial charge in [-0.15, -0.1) is 23.5 Å². The Bertz CT molecular complexity index is 685. The van der Waals surface area contributed by atoms with Gasteiger partial charge in [-0.2, -0.15) is 0 Å². The highest BCUT2D eigenvalue weighted by molar-refractivity contribution is 8.01. The van der Waals surface area contributed by atoms with Crippen LogP contribution in [0.3, 0.4) is 0 Å². The summed E-state index contributed by atoms with van der Waals surface area (Å²) in [6.07, 6.45) is 8.27. The summed E-state index contributed by atoms with van der Waals surface area (Å²) >= 11 is 5.60. The molecule has 1 aromatic heterocycles. The highest BCUT2D eigenvalue weighted by Crippen LogP contribution is 2.48. The third-order valence-corrected chi connectivity index (χ3v) is 9.94. The van der Waals surface area contributed by atoms with Crippen LogP contribution in [0.2, 0.25) is 0 Å². The molecule has 2 heterocycles. The predicted molar refractivity (Wildman–Crippen MR) is 151 cm³/mol. The first-order chi connectivity index (χ1) is 15.7. The van der Waals surface area contributed by atoms with Crippen molar-refractivity contribution >= 4 is 45.8 Å². The van der Waals surface area contributed by atoms with Crippen molar-refractivity contribution in [3.05, 3.63) is 4.88 Å². The molecule has 0 aromatic carbocycles. The van der Waals surface area contributed by atoms with Gasteiger partial charge in [0.15, 0.2) is 5.13 Å². The molecule has 0 radical (unpaired) electrons. The minimum absolute atomic E-state index is 0.206. The third kappa shape index (κ3) is 8.44. The van der Waals surface area contributed by atoms with Gasteiger partial charge in [-0.3, -0.25) is 9.80 Å². The summed E-state index contributed by atoms with van der Waals surface area (Å²) in [7, 11) is 8.65. The van der Waals surface area contributed by atoms with Crippen LogP contribution in [0.15, 0.2) is 0 Å². The second-order valence-electron chi connectivity index (χ2n) is 9.37. The summed E-state index contributed by atoms with van der Waals surface area (Å²) in [4.78, 5) is 12.5. The number of thioether (sulfide) groups is 2. The van der Waals surface area contributed by atoms with E-state index in [2.05, 4.69) is 78.8 Å². The van der Waals surface area contributed by atoms with Crippen LogP contribution in [0.1, 0.15) is 69.8 Å². The lowest BCUT2D eigenvalue weighted by atomic mass is 10.1. The van der Waals surface area contributed by atoms with E-state index in [1.165, 1.54) is 55.6 Å². The molecule has 1 aliphatic rings. The number of hydrogen-bond acceptors (Lipinski definition) is 10. The van der Waals surface area contributed by atoms with Gasteiger partial charge in [0.05, 0.1) is 16.4 Å². The third-order valence-electron chi connectivity index (χ3n) is 6.01. The first-order valence-corrected chi connectivity index (χ1v) is 15.2. The van der Waals surface area contributed by atoms with Gasteiger partial charge < -0.3 is 21.7 Å². The maximum Gasteiger partial charge on any atom is 0.182 e. The molecule has 0 fully saturated rings. The van der Waals surface area contributed by atoms with E-state index in [1.807, 2.05) is 11.8 Å². The average molecular weight is 518 g/mol. The molecule has 3 unspecified atom stereocenters. The van der Waals surface area contributed by atoms with Gasteiger partial charge in [0.1, 0.15) is 10.8 Å². The van der Waals surface area contributed by atoms with E-state index in [0.717, 1.165) is 36.0 Å². The molecular weight excluding hydrogens is 471 g/mol. The van der Waals surface area contributed by atoms with Crippen LogP contribution < -0.4 is 16.8 Å². The van der Waals surface area contributed by atoms with E-state index < -0.39 is 0 Å². The van der Waals surface area contributed by atoms with Crippen LogP contribution in [0.5, 0.6) is 0 Å². The van der Waals surface area contributed by atoms with Crippen LogP contribution in [-0.2, 0) is 0 Å². The summed E-state index contributed by atoms with van der Waals surface area (Å²) in [5.41, 5.74) is 13.1. The second-order valence-corrected chi connectivity index (χ2v) is 13.1. The summed E-state index contributed by atoms with van der Waals surface area (Å²) in [5.74, 6) is 3.16. The van der Waals surface area contributed by atoms with E-state index in [4.69, 9.17) is 11.5 Å². The van der Waals surface area contributed by atoms with Crippen molar-refractivity contribution in [2.75, 3.05) is 63.8 Å². The van der Waals surface area contributed by atoms with Gasteiger partial charge in [-0.05, 0) is 52.5 Å². The van der Waals surface area contributed by atoms with Crippen molar-refractivity contribution in [1.29, 1.82) is 0 Å². The minimum atomic E-state index is -0.316. The Morgan fingerprint density at radius 1 is 1.12 bits per heavy atom. The fourth-order valence-electron chi connectivity index (χ4n) is 4.03. The smallest absolute Gasteiger partial charge is 0.182 e. The van der Waals surface area contributed by atoms with Gasteiger partial charge >= 0.3 is 0 Å². The molecule has 10 heteroatoms. The number of thiazole rings is 1. The largest absolute Gasteiger partial charge is 0.375 e. The molecule has 0 spiro atoms. The molecule has 7 nitrogen and oxygen atoms in total. The SMILES string of the molecule is CCCCCSC(CC1(SCCCCC)Nc2nc(N)sc2C(N)N1CCN(C)C)N(C)C. The molecule has 0 amide bonds. The number of anilines is 2. The zero-order chi connectivity index (χ0) is 24.4. The van der Waals surface area contributed by atoms with Crippen molar-refractivity contribution in [2.45, 2.75) is 75.3 Å². The van der Waals surface area contributed by atoms with E-state index in [1.54, 1.807) is 0 Å². The Labute approximate surface area is 214 Å². The number of nitrogen functional groups attached to an aromatic ring is 1. The lowest BCUT2D eigenvalue weighted by molar-refractivity contribution is 0.0952. The van der Waals surface area contributed by atoms with Crippen LogP contribution in [-0.4, -0.2) is 82.8 Å². The van der Waals surface area contributed by atoms with E-state index in [0.29, 0.717) is 10.5 Å². The standard InChI is InChI=1S/C23H47N7S3/c1-7-9-11-15-31-18(29(5)6)17-23(32-16-12-10-8-2)27-21-19(33-22(25)26-21)20(24)30(23)14-13-28(3)4/h18,20,27H,7-17,24H2,1-6H3,(H2,25,26). The zero-order valence-electron chi connectivity index (χ0n) is 21.6. The average Bonchev–Trinajstić information content (AvgIpc) is 3.13. The summed E-state index contributed by atoms with van der Waals surface area (Å²) < 4.78 is 0. The molecule has 1 aromatic rings. The fraction of sp³-hybridized carbons (Fsp3) is 0.870. The summed E-state index contributed by atoms with van der Waals surface area (Å²) in [6.45, 7) is 6.37. The maximum absolute atomic E-state index is 6.94. The van der Waals surface area contributed by atoms with Crippen LogP contribution in [0.4, 0.5) is 10.9 Å². The van der Waals surface area contributed by atoms with Gasteiger partial charge in [0.25, 0.3) is 0 Å². The zero-order valence-corrected chi connectivity index (χ0v) is 24.1. The number of nitrogens with two attached hydrogens (primary N) is 2. The highest BCUT2D eigenvalue weighted by Gasteiger charge is 2.48. The van der Waals surface area contributed by atoms with Gasteiger partial charge in [0, 0.05) is 19.5 Å². The molecule has 2 rings (SSSR count). The lowest BCUT2D eigenvalue weighted by Crippen LogP contribution is -2.61. The number of rotatable bonds is 16. The molecule has 0 aliphatic carbocycles. The Morgan fingerprint density at radius 3 is 2.39 bits per heavy atom. The molecular formula is C23H47N7S3. The van der Waals surface area contributed by atoms with Crippen LogP contribution >= 0.6 is 34.9 Å². The number of nitrogens with one attached hydrogen (secondary N) is 1. The molecule has 192 valence electrons. The molecule has 0 saturated heterocycles. The van der Waals surface area contributed by atoms with E-state index in [-0.39, 0.29) is 11.2 Å². The number of likely N-dealkylation sites (N-methyl/N-ethyl adjacent to an activating group) is 1. The molecule has 33 heavy (non-hydrogen) atoms. The quantitative estimate of drug-likeness (QED) is 0.212. The minimum Gasteiger partial charge on any atom is -0.375 e. The lowest BCUT2D eigenvalue weighted by Gasteiger charge is -2.51. The topological polar surface area (TPSA) is 86.7 Å².